The zero-order valence-corrected chi connectivity index (χ0v) is 10.0. The third-order valence-electron chi connectivity index (χ3n) is 1.83. The van der Waals surface area contributed by atoms with E-state index in [1.54, 1.807) is 0 Å². The van der Waals surface area contributed by atoms with Gasteiger partial charge in [0.15, 0.2) is 0 Å². The second-order valence-corrected chi connectivity index (χ2v) is 4.02. The number of hydrogen-bond donors (Lipinski definition) is 0. The van der Waals surface area contributed by atoms with Crippen LogP contribution in [0.4, 0.5) is 14.5 Å². The van der Waals surface area contributed by atoms with Crippen LogP contribution in [0.3, 0.4) is 0 Å². The van der Waals surface area contributed by atoms with Crippen molar-refractivity contribution >= 4 is 34.9 Å². The van der Waals surface area contributed by atoms with Crippen molar-refractivity contribution in [1.82, 2.24) is 0 Å². The molecule has 0 atom stereocenters. The number of nitrogens with zero attached hydrogens (tertiary/aromatic N) is 1. The van der Waals surface area contributed by atoms with E-state index in [9.17, 15) is 23.7 Å². The van der Waals surface area contributed by atoms with E-state index in [1.165, 1.54) is 12.1 Å². The molecule has 9 heteroatoms. The Kier molecular flexibility index (Phi) is 4.42. The van der Waals surface area contributed by atoms with Crippen molar-refractivity contribution in [3.05, 3.63) is 38.9 Å². The van der Waals surface area contributed by atoms with Crippen LogP contribution in [0.25, 0.3) is 0 Å². The molecule has 0 bridgehead atoms. The fraction of sp³-hybridized carbons (Fsp3) is 0.222. The number of benzene rings is 1. The standard InChI is InChI=1S/C9H5Cl2F2NO4/c10-6-2-1-5(7(3-6)14(16)17)4-18-8(15)9(11,12)13/h1-3H,4H2. The summed E-state index contributed by atoms with van der Waals surface area (Å²) in [6.07, 6.45) is 0. The van der Waals surface area contributed by atoms with E-state index in [0.29, 0.717) is 0 Å². The van der Waals surface area contributed by atoms with Crippen LogP contribution >= 0.6 is 23.2 Å². The SMILES string of the molecule is O=C(OCc1ccc(Cl)cc1[N+](=O)[O-])C(F)(F)Cl. The molecule has 0 radical (unpaired) electrons. The minimum absolute atomic E-state index is 0.0707. The molecule has 1 aromatic carbocycles. The van der Waals surface area contributed by atoms with Crippen molar-refractivity contribution in [1.29, 1.82) is 0 Å². The van der Waals surface area contributed by atoms with Gasteiger partial charge in [-0.1, -0.05) is 11.6 Å². The second-order valence-electron chi connectivity index (χ2n) is 3.10. The molecule has 0 unspecified atom stereocenters. The Hall–Kier alpha value is -1.47. The van der Waals surface area contributed by atoms with E-state index >= 15 is 0 Å². The van der Waals surface area contributed by atoms with Gasteiger partial charge in [-0.2, -0.15) is 8.78 Å². The molecule has 0 fully saturated rings. The van der Waals surface area contributed by atoms with E-state index in [2.05, 4.69) is 16.3 Å². The summed E-state index contributed by atoms with van der Waals surface area (Å²) < 4.78 is 28.7. The van der Waals surface area contributed by atoms with Crippen LogP contribution in [-0.2, 0) is 16.1 Å². The maximum atomic E-state index is 12.3. The Morgan fingerprint density at radius 2 is 2.11 bits per heavy atom. The first-order chi connectivity index (χ1) is 8.21. The molecule has 0 amide bonds. The summed E-state index contributed by atoms with van der Waals surface area (Å²) in [5, 5.41) is 6.58. The molecule has 1 aromatic rings. The number of carbonyl (C=O) groups excluding carboxylic acids is 1. The Morgan fingerprint density at radius 3 is 2.61 bits per heavy atom. The number of alkyl halides is 3. The first-order valence-electron chi connectivity index (χ1n) is 4.38. The number of nitro benzene ring substituents is 1. The van der Waals surface area contributed by atoms with E-state index < -0.39 is 28.6 Å². The van der Waals surface area contributed by atoms with E-state index in [0.717, 1.165) is 6.07 Å². The maximum absolute atomic E-state index is 12.3. The zero-order valence-electron chi connectivity index (χ0n) is 8.53. The zero-order chi connectivity index (χ0) is 13.9. The van der Waals surface area contributed by atoms with Crippen LogP contribution in [0.1, 0.15) is 5.56 Å². The highest BCUT2D eigenvalue weighted by molar-refractivity contribution is 6.31. The van der Waals surface area contributed by atoms with Gasteiger partial charge in [0.2, 0.25) is 0 Å². The number of hydrogen-bond acceptors (Lipinski definition) is 4. The summed E-state index contributed by atoms with van der Waals surface area (Å²) in [5.41, 5.74) is -0.508. The third kappa shape index (κ3) is 3.78. The van der Waals surface area contributed by atoms with Gasteiger partial charge in [-0.25, -0.2) is 4.79 Å². The van der Waals surface area contributed by atoms with Gasteiger partial charge in [-0.3, -0.25) is 10.1 Å². The lowest BCUT2D eigenvalue weighted by Crippen LogP contribution is -2.24. The van der Waals surface area contributed by atoms with E-state index in [4.69, 9.17) is 11.6 Å². The third-order valence-corrected chi connectivity index (χ3v) is 2.22. The van der Waals surface area contributed by atoms with Crippen LogP contribution in [0, 0.1) is 10.1 Å². The molecule has 0 aliphatic rings. The highest BCUT2D eigenvalue weighted by atomic mass is 35.5. The topological polar surface area (TPSA) is 69.4 Å². The predicted molar refractivity (Wildman–Crippen MR) is 58.7 cm³/mol. The molecular formula is C9H5Cl2F2NO4. The van der Waals surface area contributed by atoms with Gasteiger partial charge in [0, 0.05) is 11.1 Å². The molecule has 0 aliphatic heterocycles. The van der Waals surface area contributed by atoms with Gasteiger partial charge in [0.1, 0.15) is 6.61 Å². The largest absolute Gasteiger partial charge is 0.455 e. The summed E-state index contributed by atoms with van der Waals surface area (Å²) in [6, 6.07) is 3.51. The smallest absolute Gasteiger partial charge is 0.417 e. The first-order valence-corrected chi connectivity index (χ1v) is 5.14. The molecule has 0 heterocycles. The van der Waals surface area contributed by atoms with Crippen LogP contribution in [-0.4, -0.2) is 16.3 Å². The van der Waals surface area contributed by atoms with Crippen LogP contribution < -0.4 is 0 Å². The molecule has 0 spiro atoms. The van der Waals surface area contributed by atoms with Crippen molar-refractivity contribution in [2.75, 3.05) is 0 Å². The summed E-state index contributed by atoms with van der Waals surface area (Å²) in [6.45, 7) is -0.700. The van der Waals surface area contributed by atoms with Crippen molar-refractivity contribution in [3.8, 4) is 0 Å². The van der Waals surface area contributed by atoms with E-state index in [-0.39, 0.29) is 10.6 Å². The highest BCUT2D eigenvalue weighted by Gasteiger charge is 2.38. The molecule has 0 aromatic heterocycles. The number of esters is 1. The van der Waals surface area contributed by atoms with Gasteiger partial charge < -0.3 is 4.74 Å². The normalized spacial score (nSPS) is 11.1. The quantitative estimate of drug-likeness (QED) is 0.371. The Bertz CT molecular complexity index is 490. The lowest BCUT2D eigenvalue weighted by molar-refractivity contribution is -0.385. The summed E-state index contributed by atoms with van der Waals surface area (Å²) in [7, 11) is 0. The molecular weight excluding hydrogens is 295 g/mol. The van der Waals surface area contributed by atoms with Gasteiger partial charge in [-0.05, 0) is 23.7 Å². The van der Waals surface area contributed by atoms with Gasteiger partial charge in [0.05, 0.1) is 10.5 Å². The monoisotopic (exact) mass is 299 g/mol. The lowest BCUT2D eigenvalue weighted by Gasteiger charge is -2.08. The number of ether oxygens (including phenoxy) is 1. The average molecular weight is 300 g/mol. The molecule has 0 aliphatic carbocycles. The lowest BCUT2D eigenvalue weighted by atomic mass is 10.2. The van der Waals surface area contributed by atoms with Gasteiger partial charge in [-0.15, -0.1) is 0 Å². The van der Waals surface area contributed by atoms with Crippen LogP contribution in [0.15, 0.2) is 18.2 Å². The Balaban J connectivity index is 2.86. The van der Waals surface area contributed by atoms with E-state index in [1.807, 2.05) is 0 Å². The molecule has 1 rings (SSSR count). The molecule has 0 saturated carbocycles. The minimum atomic E-state index is -4.17. The van der Waals surface area contributed by atoms with Crippen LogP contribution in [0.2, 0.25) is 5.02 Å². The number of rotatable bonds is 4. The Labute approximate surface area is 109 Å². The average Bonchev–Trinajstić information content (AvgIpc) is 2.25. The summed E-state index contributed by atoms with van der Waals surface area (Å²) in [4.78, 5) is 20.6. The minimum Gasteiger partial charge on any atom is -0.455 e. The summed E-state index contributed by atoms with van der Waals surface area (Å²) >= 11 is 9.96. The van der Waals surface area contributed by atoms with Gasteiger partial charge in [0.25, 0.3) is 5.69 Å². The van der Waals surface area contributed by atoms with Crippen molar-refractivity contribution in [2.24, 2.45) is 0 Å². The predicted octanol–water partition coefficient (Wildman–Crippen LogP) is 3.12. The number of nitro groups is 1. The second kappa shape index (κ2) is 5.45. The summed E-state index contributed by atoms with van der Waals surface area (Å²) in [5.74, 6) is -1.98. The highest BCUT2D eigenvalue weighted by Crippen LogP contribution is 2.26. The number of carbonyl (C=O) groups is 1. The Morgan fingerprint density at radius 1 is 1.50 bits per heavy atom. The first kappa shape index (κ1) is 14.6. The van der Waals surface area contributed by atoms with Gasteiger partial charge >= 0.3 is 11.4 Å². The molecule has 18 heavy (non-hydrogen) atoms. The van der Waals surface area contributed by atoms with Crippen molar-refractivity contribution in [3.63, 3.8) is 0 Å². The molecule has 5 nitrogen and oxygen atoms in total. The van der Waals surface area contributed by atoms with Crippen LogP contribution in [0.5, 0.6) is 0 Å². The molecule has 0 saturated heterocycles. The van der Waals surface area contributed by atoms with Crippen molar-refractivity contribution in [2.45, 2.75) is 12.0 Å². The fourth-order valence-corrected chi connectivity index (χ4v) is 1.28. The fourth-order valence-electron chi connectivity index (χ4n) is 1.05. The molecule has 0 N–H and O–H groups in total. The molecule has 98 valence electrons. The maximum Gasteiger partial charge on any atom is 0.417 e. The van der Waals surface area contributed by atoms with Crippen molar-refractivity contribution < 1.29 is 23.2 Å². The number of halogens is 4.